The number of piperidine rings is 1. The van der Waals surface area contributed by atoms with E-state index in [0.29, 0.717) is 13.0 Å². The van der Waals surface area contributed by atoms with Gasteiger partial charge in [0.2, 0.25) is 11.8 Å². The van der Waals surface area contributed by atoms with Gasteiger partial charge in [-0.3, -0.25) is 14.7 Å². The molecule has 1 saturated heterocycles. The smallest absolute Gasteiger partial charge is 0.245 e. The van der Waals surface area contributed by atoms with E-state index < -0.39 is 6.04 Å². The molecule has 2 aromatic rings. The molecule has 1 atom stereocenters. The van der Waals surface area contributed by atoms with Gasteiger partial charge in [0.25, 0.3) is 0 Å². The van der Waals surface area contributed by atoms with Crippen LogP contribution < -0.4 is 5.32 Å². The molecule has 0 bridgehead atoms. The van der Waals surface area contributed by atoms with Crippen molar-refractivity contribution in [3.05, 3.63) is 53.9 Å². The van der Waals surface area contributed by atoms with Gasteiger partial charge in [-0.25, -0.2) is 0 Å². The third-order valence-corrected chi connectivity index (χ3v) is 3.99. The van der Waals surface area contributed by atoms with E-state index in [1.807, 2.05) is 35.2 Å². The first kappa shape index (κ1) is 15.3. The average Bonchev–Trinajstić information content (AvgIpc) is 3.05. The molecule has 6 heteroatoms. The number of likely N-dealkylation sites (tertiary alicyclic amines) is 1. The quantitative estimate of drug-likeness (QED) is 0.872. The van der Waals surface area contributed by atoms with Crippen molar-refractivity contribution in [2.24, 2.45) is 0 Å². The largest absolute Gasteiger partial charge is 0.344 e. The summed E-state index contributed by atoms with van der Waals surface area (Å²) in [6.07, 6.45) is 3.41. The van der Waals surface area contributed by atoms with Gasteiger partial charge in [-0.1, -0.05) is 30.3 Å². The predicted molar refractivity (Wildman–Crippen MR) is 85.3 cm³/mol. The lowest BCUT2D eigenvalue weighted by Gasteiger charge is -2.32. The number of aromatic nitrogens is 2. The molecule has 1 aliphatic rings. The third kappa shape index (κ3) is 3.97. The van der Waals surface area contributed by atoms with Crippen LogP contribution in [-0.4, -0.2) is 39.5 Å². The lowest BCUT2D eigenvalue weighted by molar-refractivity contribution is -0.139. The van der Waals surface area contributed by atoms with Crippen LogP contribution >= 0.6 is 0 Å². The molecule has 0 saturated carbocycles. The number of nitrogens with one attached hydrogen (secondary N) is 2. The normalized spacial score (nSPS) is 18.0. The van der Waals surface area contributed by atoms with Crippen LogP contribution in [0.3, 0.4) is 0 Å². The van der Waals surface area contributed by atoms with Crippen LogP contribution in [0, 0.1) is 0 Å². The number of amides is 2. The lowest BCUT2D eigenvalue weighted by atomic mass is 10.0. The molecule has 1 fully saturated rings. The number of aromatic amines is 1. The summed E-state index contributed by atoms with van der Waals surface area (Å²) < 4.78 is 0. The fourth-order valence-electron chi connectivity index (χ4n) is 2.84. The molecule has 1 aromatic heterocycles. The average molecular weight is 312 g/mol. The first-order valence-corrected chi connectivity index (χ1v) is 7.83. The Kier molecular flexibility index (Phi) is 4.71. The number of carbonyl (C=O) groups excluding carboxylic acids is 2. The van der Waals surface area contributed by atoms with E-state index in [4.69, 9.17) is 0 Å². The Morgan fingerprint density at radius 3 is 2.87 bits per heavy atom. The van der Waals surface area contributed by atoms with Crippen LogP contribution in [0.5, 0.6) is 0 Å². The molecule has 2 amide bonds. The van der Waals surface area contributed by atoms with Crippen molar-refractivity contribution in [3.63, 3.8) is 0 Å². The molecule has 2 heterocycles. The van der Waals surface area contributed by atoms with E-state index in [1.165, 1.54) is 0 Å². The van der Waals surface area contributed by atoms with E-state index in [-0.39, 0.29) is 18.2 Å². The van der Waals surface area contributed by atoms with Crippen molar-refractivity contribution >= 4 is 11.8 Å². The van der Waals surface area contributed by atoms with E-state index >= 15 is 0 Å². The standard InChI is InChI=1S/C17H20N4O2/c22-16(11-14-8-9-18-20-14)19-15-7-4-10-21(17(15)23)12-13-5-2-1-3-6-13/h1-3,5-6,8-9,15H,4,7,10-12H2,(H,18,20)(H,19,22)/t15-/m1/s1. The van der Waals surface area contributed by atoms with Gasteiger partial charge in [0, 0.05) is 25.0 Å². The Labute approximate surface area is 134 Å². The van der Waals surface area contributed by atoms with Gasteiger partial charge < -0.3 is 10.2 Å². The van der Waals surface area contributed by atoms with Gasteiger partial charge in [-0.2, -0.15) is 5.10 Å². The van der Waals surface area contributed by atoms with Crippen molar-refractivity contribution in [2.45, 2.75) is 31.8 Å². The summed E-state index contributed by atoms with van der Waals surface area (Å²) in [6, 6.07) is 11.2. The number of rotatable bonds is 5. The Morgan fingerprint density at radius 1 is 1.30 bits per heavy atom. The highest BCUT2D eigenvalue weighted by molar-refractivity contribution is 5.88. The van der Waals surface area contributed by atoms with Crippen LogP contribution in [0.15, 0.2) is 42.6 Å². The van der Waals surface area contributed by atoms with Gasteiger partial charge in [0.05, 0.1) is 6.42 Å². The summed E-state index contributed by atoms with van der Waals surface area (Å²) in [5.74, 6) is -0.160. The highest BCUT2D eigenvalue weighted by Crippen LogP contribution is 2.15. The molecule has 6 nitrogen and oxygen atoms in total. The second-order valence-corrected chi connectivity index (χ2v) is 5.77. The van der Waals surface area contributed by atoms with Gasteiger partial charge in [0.1, 0.15) is 6.04 Å². The number of hydrogen-bond donors (Lipinski definition) is 2. The van der Waals surface area contributed by atoms with Gasteiger partial charge in [-0.05, 0) is 24.5 Å². The summed E-state index contributed by atoms with van der Waals surface area (Å²) in [5.41, 5.74) is 1.84. The number of H-pyrrole nitrogens is 1. The maximum absolute atomic E-state index is 12.6. The summed E-state index contributed by atoms with van der Waals surface area (Å²) in [6.45, 7) is 1.33. The Bertz CT molecular complexity index is 654. The van der Waals surface area contributed by atoms with Crippen molar-refractivity contribution < 1.29 is 9.59 Å². The van der Waals surface area contributed by atoms with Crippen molar-refractivity contribution in [1.82, 2.24) is 20.4 Å². The monoisotopic (exact) mass is 312 g/mol. The summed E-state index contributed by atoms with van der Waals surface area (Å²) in [5, 5.41) is 9.41. The number of carbonyl (C=O) groups is 2. The fraction of sp³-hybridized carbons (Fsp3) is 0.353. The first-order valence-electron chi connectivity index (χ1n) is 7.83. The molecule has 0 aliphatic carbocycles. The molecule has 3 rings (SSSR count). The van der Waals surface area contributed by atoms with Crippen molar-refractivity contribution in [1.29, 1.82) is 0 Å². The Balaban J connectivity index is 1.57. The fourth-order valence-corrected chi connectivity index (χ4v) is 2.84. The summed E-state index contributed by atoms with van der Waals surface area (Å²) in [4.78, 5) is 26.4. The van der Waals surface area contributed by atoms with E-state index in [1.54, 1.807) is 12.3 Å². The molecular weight excluding hydrogens is 292 g/mol. The minimum absolute atomic E-state index is 0.00179. The predicted octanol–water partition coefficient (Wildman–Crippen LogP) is 1.26. The van der Waals surface area contributed by atoms with Gasteiger partial charge in [0.15, 0.2) is 0 Å². The van der Waals surface area contributed by atoms with Crippen LogP contribution in [0.2, 0.25) is 0 Å². The zero-order chi connectivity index (χ0) is 16.1. The zero-order valence-corrected chi connectivity index (χ0v) is 12.9. The van der Waals surface area contributed by atoms with Crippen LogP contribution in [-0.2, 0) is 22.6 Å². The number of benzene rings is 1. The third-order valence-electron chi connectivity index (χ3n) is 3.99. The van der Waals surface area contributed by atoms with E-state index in [0.717, 1.165) is 24.2 Å². The summed E-state index contributed by atoms with van der Waals surface area (Å²) >= 11 is 0. The minimum Gasteiger partial charge on any atom is -0.344 e. The van der Waals surface area contributed by atoms with Gasteiger partial charge >= 0.3 is 0 Å². The van der Waals surface area contributed by atoms with E-state index in [2.05, 4.69) is 15.5 Å². The molecule has 0 spiro atoms. The maximum atomic E-state index is 12.6. The minimum atomic E-state index is -0.428. The molecule has 1 aliphatic heterocycles. The highest BCUT2D eigenvalue weighted by Gasteiger charge is 2.29. The van der Waals surface area contributed by atoms with Crippen LogP contribution in [0.4, 0.5) is 0 Å². The number of nitrogens with zero attached hydrogens (tertiary/aromatic N) is 2. The second-order valence-electron chi connectivity index (χ2n) is 5.77. The number of hydrogen-bond acceptors (Lipinski definition) is 3. The molecule has 1 aromatic carbocycles. The summed E-state index contributed by atoms with van der Waals surface area (Å²) in [7, 11) is 0. The lowest BCUT2D eigenvalue weighted by Crippen LogP contribution is -2.52. The molecular formula is C17H20N4O2. The topological polar surface area (TPSA) is 78.1 Å². The van der Waals surface area contributed by atoms with Gasteiger partial charge in [-0.15, -0.1) is 0 Å². The van der Waals surface area contributed by atoms with E-state index in [9.17, 15) is 9.59 Å². The Hall–Kier alpha value is -2.63. The second kappa shape index (κ2) is 7.09. The highest BCUT2D eigenvalue weighted by atomic mass is 16.2. The molecule has 120 valence electrons. The SMILES string of the molecule is O=C(Cc1ccn[nH]1)N[C@@H]1CCCN(Cc2ccccc2)C1=O. The molecule has 23 heavy (non-hydrogen) atoms. The first-order chi connectivity index (χ1) is 11.2. The zero-order valence-electron chi connectivity index (χ0n) is 12.9. The van der Waals surface area contributed by atoms with Crippen LogP contribution in [0.25, 0.3) is 0 Å². The van der Waals surface area contributed by atoms with Crippen LogP contribution in [0.1, 0.15) is 24.1 Å². The molecule has 0 radical (unpaired) electrons. The maximum Gasteiger partial charge on any atom is 0.245 e. The molecule has 2 N–H and O–H groups in total. The van der Waals surface area contributed by atoms with Crippen molar-refractivity contribution in [2.75, 3.05) is 6.54 Å². The molecule has 0 unspecified atom stereocenters. The van der Waals surface area contributed by atoms with Crippen molar-refractivity contribution in [3.8, 4) is 0 Å². The Morgan fingerprint density at radius 2 is 2.13 bits per heavy atom.